The van der Waals surface area contributed by atoms with E-state index >= 15 is 4.39 Å². The molecule has 3 aromatic rings. The highest BCUT2D eigenvalue weighted by Gasteiger charge is 2.37. The minimum Gasteiger partial charge on any atom is -0.449 e. The monoisotopic (exact) mass is 437 g/mol. The molecule has 0 radical (unpaired) electrons. The lowest BCUT2D eigenvalue weighted by atomic mass is 9.97. The van der Waals surface area contributed by atoms with Crippen LogP contribution in [0, 0.1) is 23.3 Å². The van der Waals surface area contributed by atoms with Gasteiger partial charge in [0.25, 0.3) is 0 Å². The quantitative estimate of drug-likeness (QED) is 0.483. The van der Waals surface area contributed by atoms with Crippen LogP contribution in [-0.4, -0.2) is 34.5 Å². The van der Waals surface area contributed by atoms with Gasteiger partial charge in [0.1, 0.15) is 23.1 Å². The third kappa shape index (κ3) is 3.26. The van der Waals surface area contributed by atoms with Crippen molar-refractivity contribution in [2.75, 3.05) is 11.4 Å². The third-order valence-corrected chi connectivity index (χ3v) is 5.30. The molecule has 0 spiro atoms. The van der Waals surface area contributed by atoms with Gasteiger partial charge in [0.15, 0.2) is 11.6 Å². The van der Waals surface area contributed by atoms with Crippen LogP contribution < -0.4 is 20.8 Å². The van der Waals surface area contributed by atoms with E-state index in [0.717, 1.165) is 29.0 Å². The highest BCUT2D eigenvalue weighted by atomic mass is 19.1. The molecule has 4 rings (SSSR count). The zero-order chi connectivity index (χ0) is 22.6. The Bertz CT molecular complexity index is 1290. The van der Waals surface area contributed by atoms with Gasteiger partial charge >= 0.3 is 6.16 Å². The first-order valence-corrected chi connectivity index (χ1v) is 9.06. The number of benzene rings is 2. The van der Waals surface area contributed by atoms with Crippen LogP contribution in [0.15, 0.2) is 35.3 Å². The summed E-state index contributed by atoms with van der Waals surface area (Å²) in [6, 6.07) is 2.37. The lowest BCUT2D eigenvalue weighted by Gasteiger charge is -2.46. The zero-order valence-electron chi connectivity index (χ0n) is 15.9. The highest BCUT2D eigenvalue weighted by molar-refractivity contribution is 5.87. The summed E-state index contributed by atoms with van der Waals surface area (Å²) in [5.41, 5.74) is 3.28. The summed E-state index contributed by atoms with van der Waals surface area (Å²) in [5, 5.41) is 8.29. The van der Waals surface area contributed by atoms with E-state index in [2.05, 4.69) is 4.74 Å². The van der Waals surface area contributed by atoms with Gasteiger partial charge in [-0.05, 0) is 25.1 Å². The highest BCUT2D eigenvalue weighted by Crippen LogP contribution is 2.36. The van der Waals surface area contributed by atoms with E-state index in [-0.39, 0.29) is 12.6 Å². The number of carboxylic acid groups (broad SMARTS) is 1. The molecule has 2 atom stereocenters. The number of aromatic nitrogens is 1. The maximum Gasteiger partial charge on any atom is 0.511 e. The molecule has 162 valence electrons. The molecule has 31 heavy (non-hydrogen) atoms. The minimum atomic E-state index is -1.86. The maximum atomic E-state index is 15.6. The van der Waals surface area contributed by atoms with Gasteiger partial charge < -0.3 is 25.0 Å². The number of anilines is 1. The summed E-state index contributed by atoms with van der Waals surface area (Å²) in [7, 11) is 0. The van der Waals surface area contributed by atoms with Gasteiger partial charge in [-0.1, -0.05) is 0 Å². The molecular weight excluding hydrogens is 422 g/mol. The molecule has 1 saturated heterocycles. The zero-order valence-corrected chi connectivity index (χ0v) is 15.9. The molecule has 11 heteroatoms. The van der Waals surface area contributed by atoms with Gasteiger partial charge in [-0.15, -0.1) is 0 Å². The number of nitrogens with two attached hydrogens (primary N) is 1. The number of hydrogen-bond donors (Lipinski definition) is 2. The number of halogens is 4. The van der Waals surface area contributed by atoms with Gasteiger partial charge in [0, 0.05) is 24.7 Å². The van der Waals surface area contributed by atoms with Crippen molar-refractivity contribution >= 4 is 22.7 Å². The van der Waals surface area contributed by atoms with E-state index in [1.54, 1.807) is 6.92 Å². The van der Waals surface area contributed by atoms with Gasteiger partial charge in [-0.2, -0.15) is 0 Å². The Hall–Kier alpha value is -3.60. The largest absolute Gasteiger partial charge is 0.511 e. The Morgan fingerprint density at radius 3 is 2.48 bits per heavy atom. The minimum absolute atomic E-state index is 0.149. The van der Waals surface area contributed by atoms with Crippen LogP contribution >= 0.6 is 0 Å². The second-order valence-electron chi connectivity index (χ2n) is 7.13. The van der Waals surface area contributed by atoms with Crippen LogP contribution in [0.5, 0.6) is 5.75 Å². The SMILES string of the molecule is C[C@@H]1[C@@H](N)CN1c1c(F)cc2c(=O)c(OC(=O)O)cn(-c3ccc(F)cc3F)c2c1F. The van der Waals surface area contributed by atoms with E-state index in [9.17, 15) is 22.8 Å². The number of fused-ring (bicyclic) bond motifs is 1. The average Bonchev–Trinajstić information content (AvgIpc) is 2.69. The fourth-order valence-corrected chi connectivity index (χ4v) is 3.61. The first kappa shape index (κ1) is 20.7. The number of rotatable bonds is 3. The molecule has 2 aromatic carbocycles. The van der Waals surface area contributed by atoms with E-state index in [0.29, 0.717) is 6.07 Å². The fourth-order valence-electron chi connectivity index (χ4n) is 3.61. The van der Waals surface area contributed by atoms with Crippen molar-refractivity contribution in [3.05, 3.63) is 64.0 Å². The van der Waals surface area contributed by atoms with Gasteiger partial charge in [0.2, 0.25) is 5.43 Å². The standard InChI is InChI=1S/C20H15F4N3O4/c1-8-13(25)6-26(8)18-12(23)5-10-17(16(18)24)27(7-15(19(10)28)31-20(29)30)14-3-2-9(21)4-11(14)22/h2-5,7-8,13H,6,25H2,1H3,(H,29,30)/t8-,13+/m1/s1. The fraction of sp³-hybridized carbons (Fsp3) is 0.200. The van der Waals surface area contributed by atoms with Crippen molar-refractivity contribution in [2.45, 2.75) is 19.0 Å². The van der Waals surface area contributed by atoms with Crippen molar-refractivity contribution < 1.29 is 32.2 Å². The molecule has 1 aliphatic heterocycles. The molecule has 0 amide bonds. The summed E-state index contributed by atoms with van der Waals surface area (Å²) in [4.78, 5) is 24.9. The van der Waals surface area contributed by atoms with Gasteiger partial charge in [0.05, 0.1) is 22.8 Å². The first-order chi connectivity index (χ1) is 14.6. The number of pyridine rings is 1. The van der Waals surface area contributed by atoms with Crippen molar-refractivity contribution in [2.24, 2.45) is 5.73 Å². The first-order valence-electron chi connectivity index (χ1n) is 9.06. The van der Waals surface area contributed by atoms with Crippen LogP contribution in [0.4, 0.5) is 28.0 Å². The molecule has 2 heterocycles. The summed E-state index contributed by atoms with van der Waals surface area (Å²) < 4.78 is 63.5. The maximum absolute atomic E-state index is 15.6. The number of ether oxygens (including phenoxy) is 1. The Balaban J connectivity index is 2.09. The van der Waals surface area contributed by atoms with Crippen molar-refractivity contribution in [1.29, 1.82) is 0 Å². The lowest BCUT2D eigenvalue weighted by Crippen LogP contribution is -2.63. The smallest absolute Gasteiger partial charge is 0.449 e. The van der Waals surface area contributed by atoms with Crippen molar-refractivity contribution in [3.8, 4) is 11.4 Å². The molecule has 1 aromatic heterocycles. The summed E-state index contributed by atoms with van der Waals surface area (Å²) >= 11 is 0. The Morgan fingerprint density at radius 1 is 1.19 bits per heavy atom. The Labute approximate surface area is 171 Å². The van der Waals surface area contributed by atoms with E-state index in [1.807, 2.05) is 0 Å². The van der Waals surface area contributed by atoms with Crippen LogP contribution in [0.2, 0.25) is 0 Å². The molecule has 0 unspecified atom stereocenters. The van der Waals surface area contributed by atoms with E-state index in [1.165, 1.54) is 4.90 Å². The van der Waals surface area contributed by atoms with Gasteiger partial charge in [-0.3, -0.25) is 4.79 Å². The predicted octanol–water partition coefficient (Wildman–Crippen LogP) is 3.14. The average molecular weight is 437 g/mol. The van der Waals surface area contributed by atoms with E-state index < -0.39 is 68.9 Å². The second kappa shape index (κ2) is 7.27. The van der Waals surface area contributed by atoms with Crippen LogP contribution in [-0.2, 0) is 0 Å². The molecule has 0 aliphatic carbocycles. The topological polar surface area (TPSA) is 97.8 Å². The predicted molar refractivity (Wildman–Crippen MR) is 103 cm³/mol. The van der Waals surface area contributed by atoms with Crippen LogP contribution in [0.3, 0.4) is 0 Å². The van der Waals surface area contributed by atoms with Crippen molar-refractivity contribution in [3.63, 3.8) is 0 Å². The van der Waals surface area contributed by atoms with Crippen molar-refractivity contribution in [1.82, 2.24) is 4.57 Å². The second-order valence-corrected chi connectivity index (χ2v) is 7.13. The normalized spacial score (nSPS) is 18.2. The summed E-state index contributed by atoms with van der Waals surface area (Å²) in [6.07, 6.45) is -1.10. The molecule has 1 fully saturated rings. The molecule has 0 bridgehead atoms. The Morgan fingerprint density at radius 2 is 1.90 bits per heavy atom. The third-order valence-electron chi connectivity index (χ3n) is 5.30. The van der Waals surface area contributed by atoms with Gasteiger partial charge in [-0.25, -0.2) is 22.4 Å². The number of carbonyl (C=O) groups is 1. The lowest BCUT2D eigenvalue weighted by molar-refractivity contribution is 0.144. The molecular formula is C20H15F4N3O4. The number of nitrogens with zero attached hydrogens (tertiary/aromatic N) is 2. The van der Waals surface area contributed by atoms with Crippen LogP contribution in [0.25, 0.3) is 16.6 Å². The molecule has 0 saturated carbocycles. The molecule has 1 aliphatic rings. The molecule has 7 nitrogen and oxygen atoms in total. The van der Waals surface area contributed by atoms with E-state index in [4.69, 9.17) is 10.8 Å². The summed E-state index contributed by atoms with van der Waals surface area (Å²) in [6.45, 7) is 1.81. The number of hydrogen-bond acceptors (Lipinski definition) is 5. The summed E-state index contributed by atoms with van der Waals surface area (Å²) in [5.74, 6) is -5.12. The van der Waals surface area contributed by atoms with Crippen LogP contribution in [0.1, 0.15) is 6.92 Å². The Kier molecular flexibility index (Phi) is 4.85. The molecule has 3 N–H and O–H groups in total.